The van der Waals surface area contributed by atoms with Gasteiger partial charge in [0.15, 0.2) is 0 Å². The number of amides is 2. The standard InChI is InChI=1S/C12H13NO7/c1-3-9(14)13-12(18)20-7-6-19-10(15)5-4-8(2)11(16)17/h3-5H,1-2,6-7H2,(H,16,17)(H,13,14,18). The minimum absolute atomic E-state index is 0.252. The molecular formula is C12H13NO7. The Morgan fingerprint density at radius 3 is 2.25 bits per heavy atom. The summed E-state index contributed by atoms with van der Waals surface area (Å²) in [5, 5.41) is 10.3. The molecule has 0 unspecified atom stereocenters. The predicted octanol–water partition coefficient (Wildman–Crippen LogP) is 0.165. The summed E-state index contributed by atoms with van der Waals surface area (Å²) in [6, 6.07) is 0. The first-order chi connectivity index (χ1) is 9.36. The molecule has 0 saturated carbocycles. The number of hydrogen-bond donors (Lipinski definition) is 2. The van der Waals surface area contributed by atoms with Crippen LogP contribution in [0.15, 0.2) is 37.0 Å². The molecule has 0 aliphatic carbocycles. The van der Waals surface area contributed by atoms with Crippen molar-refractivity contribution in [1.82, 2.24) is 5.32 Å². The third kappa shape index (κ3) is 8.23. The molecular weight excluding hydrogens is 270 g/mol. The van der Waals surface area contributed by atoms with Crippen molar-refractivity contribution >= 4 is 23.9 Å². The Morgan fingerprint density at radius 2 is 1.70 bits per heavy atom. The van der Waals surface area contributed by atoms with E-state index in [9.17, 15) is 19.2 Å². The van der Waals surface area contributed by atoms with Crippen LogP contribution in [0.1, 0.15) is 0 Å². The molecule has 0 aliphatic heterocycles. The third-order valence-corrected chi connectivity index (χ3v) is 1.67. The Hall–Kier alpha value is -2.90. The first kappa shape index (κ1) is 17.1. The van der Waals surface area contributed by atoms with E-state index in [4.69, 9.17) is 5.11 Å². The predicted molar refractivity (Wildman–Crippen MR) is 66.6 cm³/mol. The molecule has 2 N–H and O–H groups in total. The van der Waals surface area contributed by atoms with Gasteiger partial charge in [-0.05, 0) is 12.2 Å². The maximum atomic E-state index is 11.1. The van der Waals surface area contributed by atoms with Gasteiger partial charge in [0.25, 0.3) is 5.91 Å². The fourth-order valence-electron chi connectivity index (χ4n) is 0.752. The Balaban J connectivity index is 3.85. The molecule has 0 aliphatic rings. The molecule has 0 fully saturated rings. The van der Waals surface area contributed by atoms with Crippen molar-refractivity contribution < 1.29 is 33.8 Å². The molecule has 108 valence electrons. The Labute approximate surface area is 114 Å². The number of nitrogens with one attached hydrogen (secondary N) is 1. The highest BCUT2D eigenvalue weighted by molar-refractivity contribution is 5.98. The monoisotopic (exact) mass is 283 g/mol. The van der Waals surface area contributed by atoms with Gasteiger partial charge in [0.1, 0.15) is 13.2 Å². The van der Waals surface area contributed by atoms with Crippen molar-refractivity contribution in [1.29, 1.82) is 0 Å². The average Bonchev–Trinajstić information content (AvgIpc) is 2.40. The summed E-state index contributed by atoms with van der Waals surface area (Å²) in [6.07, 6.45) is 1.74. The first-order valence-corrected chi connectivity index (χ1v) is 5.24. The van der Waals surface area contributed by atoms with E-state index in [0.29, 0.717) is 0 Å². The molecule has 0 heterocycles. The summed E-state index contributed by atoms with van der Waals surface area (Å²) in [6.45, 7) is 5.78. The highest BCUT2D eigenvalue weighted by atomic mass is 16.6. The summed E-state index contributed by atoms with van der Waals surface area (Å²) >= 11 is 0. The fourth-order valence-corrected chi connectivity index (χ4v) is 0.752. The third-order valence-electron chi connectivity index (χ3n) is 1.67. The Bertz CT molecular complexity index is 464. The van der Waals surface area contributed by atoms with Crippen LogP contribution in [0.3, 0.4) is 0 Å². The Kier molecular flexibility index (Phi) is 7.77. The zero-order valence-corrected chi connectivity index (χ0v) is 10.5. The van der Waals surface area contributed by atoms with Crippen LogP contribution in [0, 0.1) is 0 Å². The van der Waals surface area contributed by atoms with E-state index in [1.54, 1.807) is 0 Å². The van der Waals surface area contributed by atoms with E-state index in [2.05, 4.69) is 22.6 Å². The first-order valence-electron chi connectivity index (χ1n) is 5.24. The lowest BCUT2D eigenvalue weighted by atomic mass is 10.3. The molecule has 0 saturated heterocycles. The lowest BCUT2D eigenvalue weighted by molar-refractivity contribution is -0.138. The van der Waals surface area contributed by atoms with Crippen LogP contribution >= 0.6 is 0 Å². The lowest BCUT2D eigenvalue weighted by Gasteiger charge is -2.04. The van der Waals surface area contributed by atoms with Crippen molar-refractivity contribution in [2.24, 2.45) is 0 Å². The van der Waals surface area contributed by atoms with E-state index >= 15 is 0 Å². The quantitative estimate of drug-likeness (QED) is 0.296. The summed E-state index contributed by atoms with van der Waals surface area (Å²) in [4.78, 5) is 43.0. The van der Waals surface area contributed by atoms with Crippen LogP contribution in [0.25, 0.3) is 0 Å². The second-order valence-corrected chi connectivity index (χ2v) is 3.16. The van der Waals surface area contributed by atoms with Gasteiger partial charge in [-0.15, -0.1) is 0 Å². The van der Waals surface area contributed by atoms with Gasteiger partial charge in [-0.3, -0.25) is 10.1 Å². The summed E-state index contributed by atoms with van der Waals surface area (Å²) in [7, 11) is 0. The number of carbonyl (C=O) groups is 4. The van der Waals surface area contributed by atoms with E-state index in [1.165, 1.54) is 0 Å². The molecule has 0 spiro atoms. The highest BCUT2D eigenvalue weighted by Gasteiger charge is 2.06. The number of esters is 1. The van der Waals surface area contributed by atoms with E-state index in [1.807, 2.05) is 5.32 Å². The molecule has 0 aromatic rings. The number of aliphatic carboxylic acids is 1. The van der Waals surface area contributed by atoms with Crippen LogP contribution in [-0.4, -0.2) is 42.3 Å². The van der Waals surface area contributed by atoms with Gasteiger partial charge in [-0.25, -0.2) is 14.4 Å². The van der Waals surface area contributed by atoms with Crippen LogP contribution in [0.5, 0.6) is 0 Å². The number of imide groups is 1. The largest absolute Gasteiger partial charge is 0.478 e. The van der Waals surface area contributed by atoms with Crippen molar-refractivity contribution in [2.75, 3.05) is 13.2 Å². The van der Waals surface area contributed by atoms with Crippen LogP contribution in [0.2, 0.25) is 0 Å². The topological polar surface area (TPSA) is 119 Å². The summed E-state index contributed by atoms with van der Waals surface area (Å²) < 4.78 is 9.08. The van der Waals surface area contributed by atoms with Gasteiger partial charge in [0.05, 0.1) is 5.57 Å². The SMILES string of the molecule is C=CC(=O)NC(=O)OCCOC(=O)C=CC(=C)C(=O)O. The molecule has 0 radical (unpaired) electrons. The van der Waals surface area contributed by atoms with Gasteiger partial charge >= 0.3 is 18.0 Å². The number of ether oxygens (including phenoxy) is 2. The van der Waals surface area contributed by atoms with Crippen LogP contribution in [-0.2, 0) is 23.9 Å². The smallest absolute Gasteiger partial charge is 0.414 e. The molecule has 20 heavy (non-hydrogen) atoms. The molecule has 0 aromatic heterocycles. The molecule has 2 amide bonds. The van der Waals surface area contributed by atoms with Crippen molar-refractivity contribution in [3.8, 4) is 0 Å². The van der Waals surface area contributed by atoms with Gasteiger partial charge in [0, 0.05) is 6.08 Å². The zero-order valence-electron chi connectivity index (χ0n) is 10.5. The van der Waals surface area contributed by atoms with Crippen LogP contribution in [0.4, 0.5) is 4.79 Å². The van der Waals surface area contributed by atoms with E-state index in [-0.39, 0.29) is 18.8 Å². The summed E-state index contributed by atoms with van der Waals surface area (Å²) in [5.74, 6) is -2.80. The van der Waals surface area contributed by atoms with Gasteiger partial charge in [-0.2, -0.15) is 0 Å². The molecule has 8 heteroatoms. The molecule has 0 bridgehead atoms. The number of hydrogen-bond acceptors (Lipinski definition) is 6. The van der Waals surface area contributed by atoms with E-state index in [0.717, 1.165) is 18.2 Å². The maximum Gasteiger partial charge on any atom is 0.414 e. The molecule has 0 aromatic carbocycles. The number of carboxylic acids is 1. The average molecular weight is 283 g/mol. The second-order valence-electron chi connectivity index (χ2n) is 3.16. The van der Waals surface area contributed by atoms with E-state index < -0.39 is 23.9 Å². The molecule has 0 rings (SSSR count). The minimum Gasteiger partial charge on any atom is -0.478 e. The number of rotatable bonds is 7. The fraction of sp³-hybridized carbons (Fsp3) is 0.167. The lowest BCUT2D eigenvalue weighted by Crippen LogP contribution is -2.30. The van der Waals surface area contributed by atoms with Crippen molar-refractivity contribution in [2.45, 2.75) is 0 Å². The molecule has 8 nitrogen and oxygen atoms in total. The highest BCUT2D eigenvalue weighted by Crippen LogP contribution is 1.93. The number of alkyl carbamates (subject to hydrolysis) is 1. The normalized spacial score (nSPS) is 9.60. The summed E-state index contributed by atoms with van der Waals surface area (Å²) in [5.41, 5.74) is -0.277. The second kappa shape index (κ2) is 9.09. The number of carboxylic acid groups (broad SMARTS) is 1. The van der Waals surface area contributed by atoms with Crippen LogP contribution < -0.4 is 5.32 Å². The van der Waals surface area contributed by atoms with Crippen molar-refractivity contribution in [3.05, 3.63) is 37.0 Å². The molecule has 0 atom stereocenters. The minimum atomic E-state index is -1.26. The van der Waals surface area contributed by atoms with Gasteiger partial charge < -0.3 is 14.6 Å². The van der Waals surface area contributed by atoms with Gasteiger partial charge in [0.2, 0.25) is 0 Å². The zero-order chi connectivity index (χ0) is 15.5. The number of carbonyl (C=O) groups excluding carboxylic acids is 3. The van der Waals surface area contributed by atoms with Gasteiger partial charge in [-0.1, -0.05) is 13.2 Å². The Morgan fingerprint density at radius 1 is 1.10 bits per heavy atom. The maximum absolute atomic E-state index is 11.1. The van der Waals surface area contributed by atoms with Crippen molar-refractivity contribution in [3.63, 3.8) is 0 Å².